The highest BCUT2D eigenvalue weighted by molar-refractivity contribution is 7.83. The van der Waals surface area contributed by atoms with Gasteiger partial charge in [-0.15, -0.1) is 0 Å². The van der Waals surface area contributed by atoms with Crippen molar-refractivity contribution < 1.29 is 13.0 Å². The van der Waals surface area contributed by atoms with Gasteiger partial charge in [0.15, 0.2) is 11.6 Å². The van der Waals surface area contributed by atoms with Gasteiger partial charge in [-0.05, 0) is 41.5 Å². The number of benzene rings is 2. The highest BCUT2D eigenvalue weighted by Crippen LogP contribution is 2.22. The normalized spacial score (nSPS) is 12.2. The van der Waals surface area contributed by atoms with E-state index in [1.165, 1.54) is 6.07 Å². The monoisotopic (exact) mass is 329 g/mol. The van der Waals surface area contributed by atoms with Crippen LogP contribution in [-0.4, -0.2) is 10.5 Å². The van der Waals surface area contributed by atoms with E-state index in [4.69, 9.17) is 11.6 Å². The van der Waals surface area contributed by atoms with Crippen molar-refractivity contribution in [3.63, 3.8) is 0 Å². The number of nitrogens with one attached hydrogen (secondary N) is 1. The van der Waals surface area contributed by atoms with Crippen LogP contribution < -0.4 is 5.32 Å². The van der Waals surface area contributed by atoms with Gasteiger partial charge in [-0.25, -0.2) is 8.78 Å². The van der Waals surface area contributed by atoms with Crippen LogP contribution in [-0.2, 0) is 23.1 Å². The van der Waals surface area contributed by atoms with Gasteiger partial charge in [-0.3, -0.25) is 4.21 Å². The largest absolute Gasteiger partial charge is 0.381 e. The lowest BCUT2D eigenvalue weighted by Gasteiger charge is -2.10. The molecule has 0 spiro atoms. The van der Waals surface area contributed by atoms with E-state index < -0.39 is 22.4 Å². The van der Waals surface area contributed by atoms with Crippen molar-refractivity contribution in [2.75, 3.05) is 11.6 Å². The van der Waals surface area contributed by atoms with E-state index in [1.54, 1.807) is 18.4 Å². The molecule has 0 saturated carbocycles. The molecular formula is C15H14ClF2NOS. The van der Waals surface area contributed by atoms with E-state index in [0.717, 1.165) is 23.4 Å². The molecule has 2 nitrogen and oxygen atoms in total. The van der Waals surface area contributed by atoms with Crippen molar-refractivity contribution in [3.05, 3.63) is 64.2 Å². The maximum absolute atomic E-state index is 13.1. The summed E-state index contributed by atoms with van der Waals surface area (Å²) in [4.78, 5) is 0. The van der Waals surface area contributed by atoms with Crippen LogP contribution in [0.5, 0.6) is 0 Å². The fourth-order valence-corrected chi connectivity index (χ4v) is 2.81. The van der Waals surface area contributed by atoms with Gasteiger partial charge in [-0.2, -0.15) is 0 Å². The molecule has 112 valence electrons. The van der Waals surface area contributed by atoms with E-state index in [9.17, 15) is 13.0 Å². The van der Waals surface area contributed by atoms with Crippen LogP contribution in [0.4, 0.5) is 14.5 Å². The van der Waals surface area contributed by atoms with Crippen molar-refractivity contribution in [1.29, 1.82) is 0 Å². The molecule has 0 unspecified atom stereocenters. The maximum Gasteiger partial charge on any atom is 0.159 e. The fourth-order valence-electron chi connectivity index (χ4n) is 1.87. The fraction of sp³-hybridized carbons (Fsp3) is 0.200. The summed E-state index contributed by atoms with van der Waals surface area (Å²) in [7, 11) is -0.984. The van der Waals surface area contributed by atoms with Crippen molar-refractivity contribution in [2.24, 2.45) is 0 Å². The lowest BCUT2D eigenvalue weighted by molar-refractivity contribution is 0.507. The smallest absolute Gasteiger partial charge is 0.159 e. The average molecular weight is 330 g/mol. The molecule has 0 radical (unpaired) electrons. The van der Waals surface area contributed by atoms with Crippen LogP contribution in [0.25, 0.3) is 0 Å². The number of rotatable bonds is 5. The summed E-state index contributed by atoms with van der Waals surface area (Å²) in [5.41, 5.74) is 2.20. The highest BCUT2D eigenvalue weighted by atomic mass is 35.5. The topological polar surface area (TPSA) is 29.1 Å². The molecule has 0 aliphatic carbocycles. The third-order valence-corrected chi connectivity index (χ3v) is 3.97. The minimum Gasteiger partial charge on any atom is -0.381 e. The summed E-state index contributed by atoms with van der Waals surface area (Å²) in [6, 6.07) is 9.08. The zero-order chi connectivity index (χ0) is 15.4. The van der Waals surface area contributed by atoms with Gasteiger partial charge in [-0.1, -0.05) is 17.7 Å². The lowest BCUT2D eigenvalue weighted by Crippen LogP contribution is -2.02. The molecule has 0 aromatic heterocycles. The summed E-state index contributed by atoms with van der Waals surface area (Å²) < 4.78 is 37.2. The molecule has 0 aliphatic rings. The number of anilines is 1. The van der Waals surface area contributed by atoms with Gasteiger partial charge in [0.2, 0.25) is 0 Å². The Kier molecular flexibility index (Phi) is 5.31. The third kappa shape index (κ3) is 4.51. The van der Waals surface area contributed by atoms with Gasteiger partial charge < -0.3 is 5.32 Å². The Labute approximate surface area is 129 Å². The van der Waals surface area contributed by atoms with Gasteiger partial charge in [0.25, 0.3) is 0 Å². The molecule has 2 rings (SSSR count). The van der Waals surface area contributed by atoms with E-state index in [2.05, 4.69) is 5.32 Å². The van der Waals surface area contributed by atoms with E-state index in [1.807, 2.05) is 6.07 Å². The first kappa shape index (κ1) is 15.9. The van der Waals surface area contributed by atoms with Gasteiger partial charge in [0, 0.05) is 40.1 Å². The first-order valence-corrected chi connectivity index (χ1v) is 8.32. The summed E-state index contributed by atoms with van der Waals surface area (Å²) in [6.07, 6.45) is 1.61. The van der Waals surface area contributed by atoms with Gasteiger partial charge >= 0.3 is 0 Å². The Hall–Kier alpha value is -1.46. The zero-order valence-electron chi connectivity index (χ0n) is 11.3. The van der Waals surface area contributed by atoms with Crippen LogP contribution in [0, 0.1) is 11.6 Å². The average Bonchev–Trinajstić information content (AvgIpc) is 2.43. The van der Waals surface area contributed by atoms with E-state index in [-0.39, 0.29) is 0 Å². The third-order valence-electron chi connectivity index (χ3n) is 2.89. The van der Waals surface area contributed by atoms with Gasteiger partial charge in [0.05, 0.1) is 0 Å². The second-order valence-electron chi connectivity index (χ2n) is 4.63. The molecule has 1 atom stereocenters. The Morgan fingerprint density at radius 2 is 1.90 bits per heavy atom. The molecule has 0 bridgehead atoms. The molecule has 0 aliphatic heterocycles. The van der Waals surface area contributed by atoms with Crippen molar-refractivity contribution in [1.82, 2.24) is 0 Å². The van der Waals surface area contributed by atoms with E-state index in [0.29, 0.717) is 22.9 Å². The summed E-state index contributed by atoms with van der Waals surface area (Å²) in [5.74, 6) is -1.36. The second kappa shape index (κ2) is 7.00. The Balaban J connectivity index is 2.09. The first-order valence-electron chi connectivity index (χ1n) is 6.22. The molecule has 2 aromatic rings. The molecule has 2 aromatic carbocycles. The Morgan fingerprint density at radius 1 is 1.14 bits per heavy atom. The van der Waals surface area contributed by atoms with Gasteiger partial charge in [0.1, 0.15) is 0 Å². The number of halogens is 3. The molecule has 1 N–H and O–H groups in total. The molecule has 21 heavy (non-hydrogen) atoms. The Bertz CT molecular complexity index is 679. The predicted octanol–water partition coefficient (Wildman–Crippen LogP) is 4.11. The minimum atomic E-state index is -0.984. The van der Waals surface area contributed by atoms with Crippen LogP contribution in [0.1, 0.15) is 11.1 Å². The van der Waals surface area contributed by atoms with Crippen LogP contribution in [0.2, 0.25) is 5.02 Å². The Morgan fingerprint density at radius 3 is 2.57 bits per heavy atom. The van der Waals surface area contributed by atoms with Crippen LogP contribution in [0.3, 0.4) is 0 Å². The van der Waals surface area contributed by atoms with Crippen LogP contribution >= 0.6 is 11.6 Å². The highest BCUT2D eigenvalue weighted by Gasteiger charge is 2.06. The number of hydrogen-bond donors (Lipinski definition) is 1. The summed E-state index contributed by atoms with van der Waals surface area (Å²) in [5, 5.41) is 3.66. The standard InChI is InChI=1S/C15H14ClF2NOS/c1-21(20)9-11-7-12(3-4-13(11)16)19-8-10-2-5-14(17)15(18)6-10/h2-7,19H,8-9H2,1H3/t21-/m0/s1. The molecule has 0 saturated heterocycles. The first-order chi connectivity index (χ1) is 9.95. The summed E-state index contributed by atoms with van der Waals surface area (Å²) >= 11 is 6.04. The van der Waals surface area contributed by atoms with Crippen molar-refractivity contribution in [3.8, 4) is 0 Å². The quantitative estimate of drug-likeness (QED) is 0.894. The van der Waals surface area contributed by atoms with Crippen LogP contribution in [0.15, 0.2) is 36.4 Å². The molecule has 6 heteroatoms. The summed E-state index contributed by atoms with van der Waals surface area (Å²) in [6.45, 7) is 0.355. The molecule has 0 amide bonds. The molecule has 0 heterocycles. The zero-order valence-corrected chi connectivity index (χ0v) is 12.9. The van der Waals surface area contributed by atoms with Crippen molar-refractivity contribution >= 4 is 28.1 Å². The second-order valence-corrected chi connectivity index (χ2v) is 6.47. The molecular weight excluding hydrogens is 316 g/mol. The SMILES string of the molecule is C[S@](=O)Cc1cc(NCc2ccc(F)c(F)c2)ccc1Cl. The minimum absolute atomic E-state index is 0.355. The van der Waals surface area contributed by atoms with Crippen molar-refractivity contribution in [2.45, 2.75) is 12.3 Å². The predicted molar refractivity (Wildman–Crippen MR) is 82.9 cm³/mol. The van der Waals surface area contributed by atoms with E-state index >= 15 is 0 Å². The maximum atomic E-state index is 13.1. The lowest BCUT2D eigenvalue weighted by atomic mass is 10.2. The number of hydrogen-bond acceptors (Lipinski definition) is 2. The molecule has 0 fully saturated rings.